The van der Waals surface area contributed by atoms with Gasteiger partial charge in [-0.1, -0.05) is 20.8 Å². The number of carbonyl (C=O) groups is 1. The van der Waals surface area contributed by atoms with Crippen molar-refractivity contribution in [2.75, 3.05) is 5.73 Å². The number of rotatable bonds is 7. The molecular formula is C15H27N3O. The van der Waals surface area contributed by atoms with Crippen molar-refractivity contribution in [2.45, 2.75) is 59.5 Å². The topological polar surface area (TPSA) is 60.0 Å². The van der Waals surface area contributed by atoms with Crippen molar-refractivity contribution in [1.82, 2.24) is 9.88 Å². The minimum atomic E-state index is -0.0265. The molecule has 0 aliphatic carbocycles. The smallest absolute Gasteiger partial charge is 0.268 e. The minimum Gasteiger partial charge on any atom is -0.397 e. The highest BCUT2D eigenvalue weighted by molar-refractivity contribution is 5.94. The average Bonchev–Trinajstić information content (AvgIpc) is 2.68. The van der Waals surface area contributed by atoms with Gasteiger partial charge in [-0.25, -0.2) is 0 Å². The van der Waals surface area contributed by atoms with Crippen molar-refractivity contribution in [3.8, 4) is 0 Å². The first-order chi connectivity index (χ1) is 8.93. The van der Waals surface area contributed by atoms with Gasteiger partial charge in [0.25, 0.3) is 5.91 Å². The Bertz CT molecular complexity index is 410. The Morgan fingerprint density at radius 2 is 2.05 bits per heavy atom. The van der Waals surface area contributed by atoms with Crippen LogP contribution in [0.25, 0.3) is 0 Å². The molecule has 3 N–H and O–H groups in total. The van der Waals surface area contributed by atoms with E-state index in [0.29, 0.717) is 17.3 Å². The number of nitrogens with zero attached hydrogens (tertiary/aromatic N) is 1. The number of hydrogen-bond acceptors (Lipinski definition) is 2. The van der Waals surface area contributed by atoms with Gasteiger partial charge in [0.1, 0.15) is 5.69 Å². The molecule has 0 spiro atoms. The van der Waals surface area contributed by atoms with Gasteiger partial charge in [-0.2, -0.15) is 0 Å². The minimum absolute atomic E-state index is 0.0265. The summed E-state index contributed by atoms with van der Waals surface area (Å²) in [6, 6.07) is 1.95. The molecule has 0 saturated heterocycles. The van der Waals surface area contributed by atoms with Crippen LogP contribution in [-0.4, -0.2) is 16.5 Å². The molecule has 1 aromatic heterocycles. The van der Waals surface area contributed by atoms with Crippen molar-refractivity contribution in [1.29, 1.82) is 0 Å². The molecule has 108 valence electrons. The van der Waals surface area contributed by atoms with E-state index in [0.717, 1.165) is 25.8 Å². The lowest BCUT2D eigenvalue weighted by Crippen LogP contribution is -2.34. The Morgan fingerprint density at radius 1 is 1.37 bits per heavy atom. The monoisotopic (exact) mass is 265 g/mol. The second-order valence-corrected chi connectivity index (χ2v) is 5.70. The normalized spacial score (nSPS) is 12.7. The zero-order valence-corrected chi connectivity index (χ0v) is 12.6. The van der Waals surface area contributed by atoms with Gasteiger partial charge in [-0.05, 0) is 38.2 Å². The largest absolute Gasteiger partial charge is 0.397 e. The van der Waals surface area contributed by atoms with Gasteiger partial charge in [0.05, 0.1) is 5.69 Å². The van der Waals surface area contributed by atoms with Gasteiger partial charge in [-0.3, -0.25) is 4.79 Å². The molecule has 1 aromatic rings. The molecule has 1 rings (SSSR count). The molecule has 1 amide bonds. The summed E-state index contributed by atoms with van der Waals surface area (Å²) in [5.41, 5.74) is 7.09. The summed E-state index contributed by atoms with van der Waals surface area (Å²) in [6.07, 6.45) is 4.95. The number of aryl methyl sites for hydroxylation is 1. The van der Waals surface area contributed by atoms with Crippen LogP contribution < -0.4 is 11.1 Å². The van der Waals surface area contributed by atoms with Crippen molar-refractivity contribution < 1.29 is 4.79 Å². The standard InChI is InChI=1S/C15H27N3O/c1-5-8-18-10-13(16)9-14(18)15(19)17-12(4)7-6-11(2)3/h9-12H,5-8,16H2,1-4H3,(H,17,19). The van der Waals surface area contributed by atoms with E-state index in [4.69, 9.17) is 5.73 Å². The molecule has 4 heteroatoms. The Labute approximate surface area is 116 Å². The third kappa shape index (κ3) is 4.97. The molecular weight excluding hydrogens is 238 g/mol. The zero-order valence-electron chi connectivity index (χ0n) is 12.6. The van der Waals surface area contributed by atoms with Gasteiger partial charge in [-0.15, -0.1) is 0 Å². The molecule has 0 aliphatic heterocycles. The number of anilines is 1. The number of carbonyl (C=O) groups excluding carboxylic acids is 1. The van der Waals surface area contributed by atoms with E-state index in [1.54, 1.807) is 6.07 Å². The summed E-state index contributed by atoms with van der Waals surface area (Å²) in [5, 5.41) is 3.05. The number of amides is 1. The lowest BCUT2D eigenvalue weighted by Gasteiger charge is -2.16. The number of nitrogens with two attached hydrogens (primary N) is 1. The van der Waals surface area contributed by atoms with Gasteiger partial charge < -0.3 is 15.6 Å². The van der Waals surface area contributed by atoms with Crippen LogP contribution in [0, 0.1) is 5.92 Å². The van der Waals surface area contributed by atoms with Crippen molar-refractivity contribution in [2.24, 2.45) is 5.92 Å². The number of aromatic nitrogens is 1. The molecule has 0 aliphatic rings. The number of hydrogen-bond donors (Lipinski definition) is 2. The van der Waals surface area contributed by atoms with Crippen LogP contribution in [0.15, 0.2) is 12.3 Å². The Morgan fingerprint density at radius 3 is 2.63 bits per heavy atom. The summed E-state index contributed by atoms with van der Waals surface area (Å²) in [5.74, 6) is 0.639. The van der Waals surface area contributed by atoms with Crippen molar-refractivity contribution in [3.05, 3.63) is 18.0 Å². The fourth-order valence-electron chi connectivity index (χ4n) is 2.10. The molecule has 4 nitrogen and oxygen atoms in total. The summed E-state index contributed by atoms with van der Waals surface area (Å²) in [7, 11) is 0. The molecule has 0 fully saturated rings. The second kappa shape index (κ2) is 7.22. The molecule has 0 bridgehead atoms. The van der Waals surface area contributed by atoms with E-state index in [-0.39, 0.29) is 11.9 Å². The van der Waals surface area contributed by atoms with Crippen LogP contribution >= 0.6 is 0 Å². The van der Waals surface area contributed by atoms with E-state index in [2.05, 4.69) is 33.0 Å². The lowest BCUT2D eigenvalue weighted by atomic mass is 10.0. The first kappa shape index (κ1) is 15.6. The third-order valence-electron chi connectivity index (χ3n) is 3.17. The molecule has 0 radical (unpaired) electrons. The molecule has 0 saturated carbocycles. The number of nitrogens with one attached hydrogen (secondary N) is 1. The Hall–Kier alpha value is -1.45. The van der Waals surface area contributed by atoms with E-state index in [1.165, 1.54) is 0 Å². The van der Waals surface area contributed by atoms with E-state index in [9.17, 15) is 4.79 Å². The zero-order chi connectivity index (χ0) is 14.4. The predicted octanol–water partition coefficient (Wildman–Crippen LogP) is 3.03. The van der Waals surface area contributed by atoms with Crippen LogP contribution in [0.1, 0.15) is 57.4 Å². The molecule has 1 atom stereocenters. The maximum Gasteiger partial charge on any atom is 0.268 e. The van der Waals surface area contributed by atoms with Crippen LogP contribution in [-0.2, 0) is 6.54 Å². The van der Waals surface area contributed by atoms with E-state index >= 15 is 0 Å². The fraction of sp³-hybridized carbons (Fsp3) is 0.667. The van der Waals surface area contributed by atoms with E-state index < -0.39 is 0 Å². The van der Waals surface area contributed by atoms with Crippen molar-refractivity contribution >= 4 is 11.6 Å². The number of nitrogen functional groups attached to an aromatic ring is 1. The average molecular weight is 265 g/mol. The Kier molecular flexibility index (Phi) is 5.93. The quantitative estimate of drug-likeness (QED) is 0.796. The van der Waals surface area contributed by atoms with Crippen LogP contribution in [0.4, 0.5) is 5.69 Å². The summed E-state index contributed by atoms with van der Waals surface area (Å²) >= 11 is 0. The highest BCUT2D eigenvalue weighted by Gasteiger charge is 2.15. The van der Waals surface area contributed by atoms with Crippen LogP contribution in [0.5, 0.6) is 0 Å². The van der Waals surface area contributed by atoms with Crippen LogP contribution in [0.2, 0.25) is 0 Å². The molecule has 19 heavy (non-hydrogen) atoms. The Balaban J connectivity index is 2.62. The SMILES string of the molecule is CCCn1cc(N)cc1C(=O)NC(C)CCC(C)C. The fourth-order valence-corrected chi connectivity index (χ4v) is 2.10. The predicted molar refractivity (Wildman–Crippen MR) is 80.1 cm³/mol. The van der Waals surface area contributed by atoms with E-state index in [1.807, 2.05) is 10.8 Å². The third-order valence-corrected chi connectivity index (χ3v) is 3.17. The summed E-state index contributed by atoms with van der Waals surface area (Å²) < 4.78 is 1.93. The van der Waals surface area contributed by atoms with Gasteiger partial charge in [0.15, 0.2) is 0 Å². The summed E-state index contributed by atoms with van der Waals surface area (Å²) in [6.45, 7) is 9.35. The highest BCUT2D eigenvalue weighted by Crippen LogP contribution is 2.12. The first-order valence-electron chi connectivity index (χ1n) is 7.20. The highest BCUT2D eigenvalue weighted by atomic mass is 16.2. The van der Waals surface area contributed by atoms with Crippen molar-refractivity contribution in [3.63, 3.8) is 0 Å². The maximum absolute atomic E-state index is 12.2. The maximum atomic E-state index is 12.2. The van der Waals surface area contributed by atoms with Gasteiger partial charge >= 0.3 is 0 Å². The molecule has 0 aromatic carbocycles. The first-order valence-corrected chi connectivity index (χ1v) is 7.20. The molecule has 1 heterocycles. The van der Waals surface area contributed by atoms with Gasteiger partial charge in [0.2, 0.25) is 0 Å². The van der Waals surface area contributed by atoms with Crippen LogP contribution in [0.3, 0.4) is 0 Å². The van der Waals surface area contributed by atoms with Gasteiger partial charge in [0, 0.05) is 18.8 Å². The molecule has 1 unspecified atom stereocenters. The second-order valence-electron chi connectivity index (χ2n) is 5.70. The lowest BCUT2D eigenvalue weighted by molar-refractivity contribution is 0.0927. The summed E-state index contributed by atoms with van der Waals surface area (Å²) in [4.78, 5) is 12.2.